The standard InChI is InChI=1S/C13H16N8O3/c22-11-3-1-9(17-18-11)13(24)15-5-6-20-12(23)4-2-10(19-20)21-8-14-7-16-21/h2,4,7-9,17H,1,3,5-6H2,(H,15,24)(H,18,22). The van der Waals surface area contributed by atoms with Crippen molar-refractivity contribution in [1.82, 2.24) is 40.7 Å². The van der Waals surface area contributed by atoms with E-state index in [9.17, 15) is 14.4 Å². The highest BCUT2D eigenvalue weighted by molar-refractivity contribution is 5.85. The number of amides is 2. The Morgan fingerprint density at radius 1 is 1.38 bits per heavy atom. The minimum Gasteiger partial charge on any atom is -0.353 e. The van der Waals surface area contributed by atoms with E-state index in [0.717, 1.165) is 0 Å². The molecule has 0 bridgehead atoms. The molecule has 3 rings (SSSR count). The van der Waals surface area contributed by atoms with Crippen LogP contribution in [0.25, 0.3) is 5.82 Å². The van der Waals surface area contributed by atoms with Crippen molar-refractivity contribution in [2.45, 2.75) is 25.4 Å². The molecule has 0 aliphatic carbocycles. The molecule has 11 nitrogen and oxygen atoms in total. The van der Waals surface area contributed by atoms with Gasteiger partial charge in [0.15, 0.2) is 5.82 Å². The minimum absolute atomic E-state index is 0.139. The van der Waals surface area contributed by atoms with Crippen LogP contribution < -0.4 is 21.7 Å². The first kappa shape index (κ1) is 15.8. The van der Waals surface area contributed by atoms with E-state index in [1.54, 1.807) is 6.07 Å². The van der Waals surface area contributed by atoms with Gasteiger partial charge in [0.25, 0.3) is 5.56 Å². The van der Waals surface area contributed by atoms with Crippen LogP contribution in [0.1, 0.15) is 12.8 Å². The summed E-state index contributed by atoms with van der Waals surface area (Å²) in [5.41, 5.74) is 4.78. The van der Waals surface area contributed by atoms with E-state index < -0.39 is 6.04 Å². The lowest BCUT2D eigenvalue weighted by molar-refractivity contribution is -0.128. The summed E-state index contributed by atoms with van der Waals surface area (Å²) in [5.74, 6) is 0.0743. The van der Waals surface area contributed by atoms with Gasteiger partial charge >= 0.3 is 0 Å². The molecule has 3 heterocycles. The van der Waals surface area contributed by atoms with Gasteiger partial charge in [0.1, 0.15) is 18.7 Å². The van der Waals surface area contributed by atoms with Crippen LogP contribution in [0.2, 0.25) is 0 Å². The molecule has 1 atom stereocenters. The van der Waals surface area contributed by atoms with E-state index in [1.165, 1.54) is 28.1 Å². The number of hydrogen-bond acceptors (Lipinski definition) is 7. The molecular formula is C13H16N8O3. The third-order valence-corrected chi connectivity index (χ3v) is 3.49. The topological polar surface area (TPSA) is 136 Å². The van der Waals surface area contributed by atoms with E-state index in [4.69, 9.17) is 0 Å². The fraction of sp³-hybridized carbons (Fsp3) is 0.385. The van der Waals surface area contributed by atoms with Crippen molar-refractivity contribution in [1.29, 1.82) is 0 Å². The van der Waals surface area contributed by atoms with Gasteiger partial charge < -0.3 is 5.32 Å². The van der Waals surface area contributed by atoms with Gasteiger partial charge in [-0.2, -0.15) is 5.10 Å². The smallest absolute Gasteiger partial charge is 0.266 e. The van der Waals surface area contributed by atoms with Gasteiger partial charge in [0, 0.05) is 19.0 Å². The highest BCUT2D eigenvalue weighted by Gasteiger charge is 2.23. The Labute approximate surface area is 136 Å². The van der Waals surface area contributed by atoms with E-state index >= 15 is 0 Å². The quantitative estimate of drug-likeness (QED) is 0.561. The lowest BCUT2D eigenvalue weighted by Gasteiger charge is -2.22. The average Bonchev–Trinajstić information content (AvgIpc) is 3.11. The fourth-order valence-corrected chi connectivity index (χ4v) is 2.23. The van der Waals surface area contributed by atoms with Crippen LogP contribution in [0.15, 0.2) is 29.6 Å². The number of aromatic nitrogens is 5. The number of carbonyl (C=O) groups is 2. The fourth-order valence-electron chi connectivity index (χ4n) is 2.23. The molecule has 0 aromatic carbocycles. The predicted molar refractivity (Wildman–Crippen MR) is 80.7 cm³/mol. The molecule has 126 valence electrons. The molecule has 1 aliphatic rings. The molecule has 2 aromatic heterocycles. The zero-order valence-corrected chi connectivity index (χ0v) is 12.7. The Kier molecular flexibility index (Phi) is 4.61. The van der Waals surface area contributed by atoms with Crippen molar-refractivity contribution in [3.8, 4) is 5.82 Å². The Balaban J connectivity index is 1.56. The van der Waals surface area contributed by atoms with E-state index in [1.807, 2.05) is 0 Å². The summed E-state index contributed by atoms with van der Waals surface area (Å²) in [7, 11) is 0. The van der Waals surface area contributed by atoms with Crippen LogP contribution in [0.5, 0.6) is 0 Å². The van der Waals surface area contributed by atoms with Crippen molar-refractivity contribution in [3.63, 3.8) is 0 Å². The molecular weight excluding hydrogens is 316 g/mol. The number of carbonyl (C=O) groups excluding carboxylic acids is 2. The van der Waals surface area contributed by atoms with Crippen molar-refractivity contribution in [3.05, 3.63) is 35.1 Å². The molecule has 0 radical (unpaired) electrons. The van der Waals surface area contributed by atoms with Crippen molar-refractivity contribution >= 4 is 11.8 Å². The van der Waals surface area contributed by atoms with E-state index in [2.05, 4.69) is 31.3 Å². The van der Waals surface area contributed by atoms with Crippen LogP contribution in [0.4, 0.5) is 0 Å². The first-order valence-corrected chi connectivity index (χ1v) is 7.39. The van der Waals surface area contributed by atoms with Crippen molar-refractivity contribution < 1.29 is 9.59 Å². The SMILES string of the molecule is O=C1CCC(C(=O)NCCn2nc(-n3cncn3)ccc2=O)NN1. The van der Waals surface area contributed by atoms with E-state index in [0.29, 0.717) is 18.7 Å². The molecule has 1 aliphatic heterocycles. The number of rotatable bonds is 5. The molecule has 11 heteroatoms. The number of hydrazine groups is 1. The molecule has 0 spiro atoms. The molecule has 1 unspecified atom stereocenters. The summed E-state index contributed by atoms with van der Waals surface area (Å²) >= 11 is 0. The van der Waals surface area contributed by atoms with Crippen molar-refractivity contribution in [2.75, 3.05) is 6.54 Å². The normalized spacial score (nSPS) is 17.3. The molecule has 0 saturated carbocycles. The lowest BCUT2D eigenvalue weighted by atomic mass is 10.1. The van der Waals surface area contributed by atoms with Crippen LogP contribution in [-0.4, -0.2) is 48.9 Å². The second-order valence-electron chi connectivity index (χ2n) is 5.17. The van der Waals surface area contributed by atoms with Crippen LogP contribution in [-0.2, 0) is 16.1 Å². The monoisotopic (exact) mass is 332 g/mol. The summed E-state index contributed by atoms with van der Waals surface area (Å²) < 4.78 is 2.68. The van der Waals surface area contributed by atoms with Crippen LogP contribution in [0.3, 0.4) is 0 Å². The largest absolute Gasteiger partial charge is 0.353 e. The molecule has 2 amide bonds. The highest BCUT2D eigenvalue weighted by Crippen LogP contribution is 2.01. The molecule has 3 N–H and O–H groups in total. The third-order valence-electron chi connectivity index (χ3n) is 3.49. The summed E-state index contributed by atoms with van der Waals surface area (Å²) in [6.07, 6.45) is 3.57. The van der Waals surface area contributed by atoms with Gasteiger partial charge in [-0.1, -0.05) is 0 Å². The summed E-state index contributed by atoms with van der Waals surface area (Å²) in [5, 5.41) is 10.8. The van der Waals surface area contributed by atoms with Gasteiger partial charge in [-0.25, -0.2) is 19.8 Å². The number of nitrogens with zero attached hydrogens (tertiary/aromatic N) is 5. The third kappa shape index (κ3) is 3.63. The maximum absolute atomic E-state index is 12.0. The second-order valence-corrected chi connectivity index (χ2v) is 5.17. The van der Waals surface area contributed by atoms with Gasteiger partial charge in [-0.05, 0) is 12.5 Å². The van der Waals surface area contributed by atoms with Crippen molar-refractivity contribution in [2.24, 2.45) is 0 Å². The lowest BCUT2D eigenvalue weighted by Crippen LogP contribution is -2.55. The summed E-state index contributed by atoms with van der Waals surface area (Å²) in [6.45, 7) is 0.449. The summed E-state index contributed by atoms with van der Waals surface area (Å²) in [4.78, 5) is 38.7. The number of hydrogen-bond donors (Lipinski definition) is 3. The zero-order chi connectivity index (χ0) is 16.9. The van der Waals surface area contributed by atoms with E-state index in [-0.39, 0.29) is 30.5 Å². The zero-order valence-electron chi connectivity index (χ0n) is 12.7. The molecule has 24 heavy (non-hydrogen) atoms. The minimum atomic E-state index is -0.478. The predicted octanol–water partition coefficient (Wildman–Crippen LogP) is -2.28. The van der Waals surface area contributed by atoms with Gasteiger partial charge in [0.05, 0.1) is 6.54 Å². The Morgan fingerprint density at radius 2 is 2.25 bits per heavy atom. The molecule has 2 aromatic rings. The first-order chi connectivity index (χ1) is 11.6. The van der Waals surface area contributed by atoms with Gasteiger partial charge in [-0.15, -0.1) is 5.10 Å². The second kappa shape index (κ2) is 7.00. The van der Waals surface area contributed by atoms with Gasteiger partial charge in [-0.3, -0.25) is 19.8 Å². The maximum Gasteiger partial charge on any atom is 0.266 e. The number of nitrogens with one attached hydrogen (secondary N) is 3. The molecule has 1 saturated heterocycles. The average molecular weight is 332 g/mol. The Hall–Kier alpha value is -3.08. The maximum atomic E-state index is 12.0. The summed E-state index contributed by atoms with van der Waals surface area (Å²) in [6, 6.07) is 2.44. The first-order valence-electron chi connectivity index (χ1n) is 7.39. The van der Waals surface area contributed by atoms with Crippen LogP contribution in [0, 0.1) is 0 Å². The van der Waals surface area contributed by atoms with Crippen LogP contribution >= 0.6 is 0 Å². The Morgan fingerprint density at radius 3 is 2.96 bits per heavy atom. The highest BCUT2D eigenvalue weighted by atomic mass is 16.2. The molecule has 1 fully saturated rings. The van der Waals surface area contributed by atoms with Gasteiger partial charge in [0.2, 0.25) is 11.8 Å². The Bertz CT molecular complexity index is 775.